The maximum absolute atomic E-state index is 11.6. The van der Waals surface area contributed by atoms with Crippen molar-refractivity contribution in [2.24, 2.45) is 11.3 Å². The fraction of sp³-hybridized carbons (Fsp3) is 0.900. The molecule has 0 spiro atoms. The number of hydrogen-bond donors (Lipinski definition) is 1. The summed E-state index contributed by atoms with van der Waals surface area (Å²) >= 11 is 0. The molecule has 16 heavy (non-hydrogen) atoms. The average molecular weight is 248 g/mol. The quantitative estimate of drug-likeness (QED) is 0.747. The highest BCUT2D eigenvalue weighted by Crippen LogP contribution is 2.51. The van der Waals surface area contributed by atoms with Crippen LogP contribution in [0, 0.1) is 11.3 Å². The summed E-state index contributed by atoms with van der Waals surface area (Å²) in [5, 5.41) is 2.67. The summed E-state index contributed by atoms with van der Waals surface area (Å²) in [7, 11) is -0.235. The molecule has 1 saturated carbocycles. The van der Waals surface area contributed by atoms with Crippen LogP contribution in [0.25, 0.3) is 0 Å². The molecule has 1 fully saturated rings. The number of carbonyl (C=O) groups excluding carboxylic acids is 1. The summed E-state index contributed by atoms with van der Waals surface area (Å²) in [6.45, 7) is 4.26. The van der Waals surface area contributed by atoms with Crippen LogP contribution >= 0.6 is 0 Å². The molecular weight excluding hydrogens is 228 g/mol. The van der Waals surface area contributed by atoms with Gasteiger partial charge >= 0.3 is 0 Å². The zero-order valence-corrected chi connectivity index (χ0v) is 11.1. The smallest absolute Gasteiger partial charge is 0.223 e. The Morgan fingerprint density at radius 1 is 1.44 bits per heavy atom. The maximum Gasteiger partial charge on any atom is 0.223 e. The van der Waals surface area contributed by atoms with E-state index in [4.69, 9.17) is 0 Å². The van der Waals surface area contributed by atoms with E-state index in [9.17, 15) is 13.2 Å². The lowest BCUT2D eigenvalue weighted by Gasteiger charge is -2.11. The molecule has 0 saturated heterocycles. The van der Waals surface area contributed by atoms with E-state index in [1.54, 1.807) is 0 Å². The summed E-state index contributed by atoms with van der Waals surface area (Å²) < 4.78 is 24.0. The largest absolute Gasteiger partial charge is 0.355 e. The Labute approximate surface area is 97.2 Å². The minimum atomic E-state index is -3.21. The van der Waals surface area contributed by atoms with Gasteiger partial charge in [-0.25, -0.2) is 12.7 Å². The van der Waals surface area contributed by atoms with Gasteiger partial charge in [0.05, 0.1) is 5.75 Å². The lowest BCUT2D eigenvalue weighted by Crippen LogP contribution is -2.35. The third-order valence-corrected chi connectivity index (χ3v) is 4.88. The van der Waals surface area contributed by atoms with Gasteiger partial charge in [-0.1, -0.05) is 13.8 Å². The third kappa shape index (κ3) is 3.18. The molecule has 0 aliphatic heterocycles. The number of sulfonamides is 1. The zero-order valence-electron chi connectivity index (χ0n) is 10.3. The number of nitrogens with one attached hydrogen (secondary N) is 1. The highest BCUT2D eigenvalue weighted by Gasteiger charge is 2.50. The molecule has 6 heteroatoms. The van der Waals surface area contributed by atoms with E-state index in [1.165, 1.54) is 18.4 Å². The van der Waals surface area contributed by atoms with Crippen LogP contribution in [0.5, 0.6) is 0 Å². The van der Waals surface area contributed by atoms with Gasteiger partial charge in [-0.05, 0) is 11.8 Å². The van der Waals surface area contributed by atoms with Gasteiger partial charge in [0, 0.05) is 26.6 Å². The molecule has 1 amide bonds. The van der Waals surface area contributed by atoms with Gasteiger partial charge in [0.2, 0.25) is 15.9 Å². The molecule has 1 aliphatic rings. The number of carbonyl (C=O) groups is 1. The Morgan fingerprint density at radius 2 is 1.94 bits per heavy atom. The van der Waals surface area contributed by atoms with Crippen LogP contribution in [0.3, 0.4) is 0 Å². The molecule has 1 rings (SSSR count). The molecule has 0 bridgehead atoms. The van der Waals surface area contributed by atoms with Crippen LogP contribution in [-0.2, 0) is 14.8 Å². The first-order chi connectivity index (χ1) is 7.17. The predicted octanol–water partition coefficient (Wildman–Crippen LogP) is 0.0401. The van der Waals surface area contributed by atoms with E-state index in [2.05, 4.69) is 5.32 Å². The summed E-state index contributed by atoms with van der Waals surface area (Å²) in [4.78, 5) is 11.6. The standard InChI is InChI=1S/C10H20N2O3S/c1-10(2)7-8(10)9(13)11-5-6-16(14,15)12(3)4/h8H,5-7H2,1-4H3,(H,11,13). The summed E-state index contributed by atoms with van der Waals surface area (Å²) in [6.07, 6.45) is 0.888. The molecular formula is C10H20N2O3S. The molecule has 1 atom stereocenters. The maximum atomic E-state index is 11.6. The molecule has 0 aromatic rings. The van der Waals surface area contributed by atoms with Crippen LogP contribution in [0.4, 0.5) is 0 Å². The van der Waals surface area contributed by atoms with E-state index >= 15 is 0 Å². The number of nitrogens with zero attached hydrogens (tertiary/aromatic N) is 1. The Bertz CT molecular complexity index is 374. The van der Waals surface area contributed by atoms with Crippen LogP contribution in [-0.4, -0.2) is 45.0 Å². The molecule has 1 aliphatic carbocycles. The van der Waals surface area contributed by atoms with Crippen molar-refractivity contribution in [3.05, 3.63) is 0 Å². The van der Waals surface area contributed by atoms with Crippen molar-refractivity contribution in [3.63, 3.8) is 0 Å². The van der Waals surface area contributed by atoms with Gasteiger partial charge in [0.1, 0.15) is 0 Å². The minimum Gasteiger partial charge on any atom is -0.355 e. The molecule has 0 aromatic heterocycles. The van der Waals surface area contributed by atoms with Crippen molar-refractivity contribution >= 4 is 15.9 Å². The van der Waals surface area contributed by atoms with Crippen molar-refractivity contribution in [3.8, 4) is 0 Å². The molecule has 0 aromatic carbocycles. The van der Waals surface area contributed by atoms with Crippen LogP contribution in [0.1, 0.15) is 20.3 Å². The van der Waals surface area contributed by atoms with Gasteiger partial charge in [0.15, 0.2) is 0 Å². The Morgan fingerprint density at radius 3 is 2.31 bits per heavy atom. The second-order valence-corrected chi connectivity index (χ2v) is 7.44. The molecule has 1 unspecified atom stereocenters. The van der Waals surface area contributed by atoms with Crippen LogP contribution < -0.4 is 5.32 Å². The number of rotatable bonds is 5. The first-order valence-corrected chi connectivity index (χ1v) is 6.96. The second-order valence-electron chi connectivity index (χ2n) is 5.13. The fourth-order valence-electron chi connectivity index (χ4n) is 1.52. The predicted molar refractivity (Wildman–Crippen MR) is 62.4 cm³/mol. The van der Waals surface area contributed by atoms with E-state index in [-0.39, 0.29) is 29.5 Å². The Balaban J connectivity index is 2.30. The minimum absolute atomic E-state index is 0.0287. The third-order valence-electron chi connectivity index (χ3n) is 3.05. The topological polar surface area (TPSA) is 66.5 Å². The Kier molecular flexibility index (Phi) is 3.64. The highest BCUT2D eigenvalue weighted by atomic mass is 32.2. The molecule has 0 heterocycles. The summed E-state index contributed by atoms with van der Waals surface area (Å²) in [5.74, 6) is -0.0210. The first kappa shape index (κ1) is 13.4. The van der Waals surface area contributed by atoms with Crippen molar-refractivity contribution < 1.29 is 13.2 Å². The van der Waals surface area contributed by atoms with Crippen molar-refractivity contribution in [1.82, 2.24) is 9.62 Å². The van der Waals surface area contributed by atoms with Crippen LogP contribution in [0.15, 0.2) is 0 Å². The lowest BCUT2D eigenvalue weighted by molar-refractivity contribution is -0.122. The molecule has 94 valence electrons. The highest BCUT2D eigenvalue weighted by molar-refractivity contribution is 7.89. The number of hydrogen-bond acceptors (Lipinski definition) is 3. The zero-order chi connectivity index (χ0) is 12.6. The van der Waals surface area contributed by atoms with E-state index < -0.39 is 10.0 Å². The second kappa shape index (κ2) is 4.33. The normalized spacial score (nSPS) is 23.2. The van der Waals surface area contributed by atoms with Gasteiger partial charge in [-0.15, -0.1) is 0 Å². The van der Waals surface area contributed by atoms with E-state index in [0.717, 1.165) is 6.42 Å². The van der Waals surface area contributed by atoms with Crippen LogP contribution in [0.2, 0.25) is 0 Å². The van der Waals surface area contributed by atoms with Gasteiger partial charge in [-0.3, -0.25) is 4.79 Å². The van der Waals surface area contributed by atoms with Gasteiger partial charge in [-0.2, -0.15) is 0 Å². The number of amides is 1. The van der Waals surface area contributed by atoms with Crippen molar-refractivity contribution in [1.29, 1.82) is 0 Å². The van der Waals surface area contributed by atoms with E-state index in [0.29, 0.717) is 0 Å². The molecule has 1 N–H and O–H groups in total. The SMILES string of the molecule is CN(C)S(=O)(=O)CCNC(=O)C1CC1(C)C. The van der Waals surface area contributed by atoms with Crippen molar-refractivity contribution in [2.45, 2.75) is 20.3 Å². The summed E-state index contributed by atoms with van der Waals surface area (Å²) in [6, 6.07) is 0. The monoisotopic (exact) mass is 248 g/mol. The van der Waals surface area contributed by atoms with Gasteiger partial charge in [0.25, 0.3) is 0 Å². The molecule has 5 nitrogen and oxygen atoms in total. The molecule has 0 radical (unpaired) electrons. The Hall–Kier alpha value is -0.620. The lowest BCUT2D eigenvalue weighted by atomic mass is 10.1. The fourth-order valence-corrected chi connectivity index (χ4v) is 2.25. The average Bonchev–Trinajstić information content (AvgIpc) is 2.74. The summed E-state index contributed by atoms with van der Waals surface area (Å²) in [5.41, 5.74) is 0.0878. The van der Waals surface area contributed by atoms with E-state index in [1.807, 2.05) is 13.8 Å². The van der Waals surface area contributed by atoms with Crippen molar-refractivity contribution in [2.75, 3.05) is 26.4 Å². The van der Waals surface area contributed by atoms with Gasteiger partial charge < -0.3 is 5.32 Å². The first-order valence-electron chi connectivity index (χ1n) is 5.35.